The first-order valence-electron chi connectivity index (χ1n) is 6.47. The molecule has 1 aliphatic carbocycles. The molecule has 2 unspecified atom stereocenters. The van der Waals surface area contributed by atoms with Crippen molar-refractivity contribution >= 4 is 5.91 Å². The third kappa shape index (κ3) is 2.40. The second-order valence-electron chi connectivity index (χ2n) is 6.44. The Morgan fingerprint density at radius 1 is 1.31 bits per heavy atom. The highest BCUT2D eigenvalue weighted by Crippen LogP contribution is 2.37. The second-order valence-corrected chi connectivity index (χ2v) is 6.44. The van der Waals surface area contributed by atoms with Crippen LogP contribution < -0.4 is 10.6 Å². The number of carbonyl (C=O) groups is 1. The van der Waals surface area contributed by atoms with Crippen LogP contribution in [0, 0.1) is 5.41 Å². The Hall–Kier alpha value is -0.570. The van der Waals surface area contributed by atoms with Gasteiger partial charge in [0.2, 0.25) is 5.91 Å². The molecule has 16 heavy (non-hydrogen) atoms. The first kappa shape index (κ1) is 11.9. The molecule has 0 aromatic heterocycles. The third-order valence-corrected chi connectivity index (χ3v) is 4.17. The SMILES string of the molecule is CC1(C)CCC(NC(=O)C2(C)CCCN2)C1. The molecule has 92 valence electrons. The van der Waals surface area contributed by atoms with E-state index in [4.69, 9.17) is 0 Å². The number of amides is 1. The van der Waals surface area contributed by atoms with E-state index in [1.165, 1.54) is 6.42 Å². The maximum Gasteiger partial charge on any atom is 0.240 e. The smallest absolute Gasteiger partial charge is 0.240 e. The van der Waals surface area contributed by atoms with Crippen molar-refractivity contribution in [3.8, 4) is 0 Å². The average molecular weight is 224 g/mol. The summed E-state index contributed by atoms with van der Waals surface area (Å²) in [4.78, 5) is 12.2. The van der Waals surface area contributed by atoms with E-state index >= 15 is 0 Å². The minimum Gasteiger partial charge on any atom is -0.352 e. The third-order valence-electron chi connectivity index (χ3n) is 4.17. The molecule has 1 saturated heterocycles. The quantitative estimate of drug-likeness (QED) is 0.751. The van der Waals surface area contributed by atoms with Gasteiger partial charge in [-0.25, -0.2) is 0 Å². The molecule has 1 saturated carbocycles. The van der Waals surface area contributed by atoms with Crippen molar-refractivity contribution in [1.29, 1.82) is 0 Å². The van der Waals surface area contributed by atoms with Gasteiger partial charge in [0.15, 0.2) is 0 Å². The normalized spacial score (nSPS) is 37.6. The molecule has 1 aliphatic heterocycles. The molecule has 3 heteroatoms. The highest BCUT2D eigenvalue weighted by atomic mass is 16.2. The van der Waals surface area contributed by atoms with Crippen molar-refractivity contribution < 1.29 is 4.79 Å². The lowest BCUT2D eigenvalue weighted by atomic mass is 9.91. The summed E-state index contributed by atoms with van der Waals surface area (Å²) in [5.74, 6) is 0.202. The topological polar surface area (TPSA) is 41.1 Å². The van der Waals surface area contributed by atoms with E-state index < -0.39 is 0 Å². The fourth-order valence-corrected chi connectivity index (χ4v) is 2.99. The molecule has 0 aromatic carbocycles. The minimum atomic E-state index is -0.313. The Labute approximate surface area is 98.4 Å². The zero-order valence-electron chi connectivity index (χ0n) is 10.7. The molecule has 3 nitrogen and oxygen atoms in total. The molecule has 1 heterocycles. The average Bonchev–Trinajstić information content (AvgIpc) is 2.74. The molecule has 0 radical (unpaired) electrons. The summed E-state index contributed by atoms with van der Waals surface area (Å²) < 4.78 is 0. The molecule has 0 spiro atoms. The van der Waals surface area contributed by atoms with Crippen molar-refractivity contribution in [1.82, 2.24) is 10.6 Å². The van der Waals surface area contributed by atoms with Gasteiger partial charge >= 0.3 is 0 Å². The van der Waals surface area contributed by atoms with Crippen molar-refractivity contribution in [3.63, 3.8) is 0 Å². The maximum absolute atomic E-state index is 12.2. The van der Waals surface area contributed by atoms with Crippen LogP contribution in [0.4, 0.5) is 0 Å². The van der Waals surface area contributed by atoms with Crippen LogP contribution in [0.15, 0.2) is 0 Å². The molecule has 2 N–H and O–H groups in total. The summed E-state index contributed by atoms with van der Waals surface area (Å²) in [6.07, 6.45) is 5.56. The Kier molecular flexibility index (Phi) is 2.99. The molecule has 2 atom stereocenters. The van der Waals surface area contributed by atoms with Crippen LogP contribution >= 0.6 is 0 Å². The van der Waals surface area contributed by atoms with E-state index in [0.717, 1.165) is 32.2 Å². The summed E-state index contributed by atoms with van der Waals surface area (Å²) in [6.45, 7) is 7.57. The lowest BCUT2D eigenvalue weighted by Crippen LogP contribution is -2.53. The zero-order valence-corrected chi connectivity index (χ0v) is 10.7. The van der Waals surface area contributed by atoms with Gasteiger partial charge in [-0.05, 0) is 51.0 Å². The molecule has 2 aliphatic rings. The van der Waals surface area contributed by atoms with Crippen LogP contribution in [0.5, 0.6) is 0 Å². The van der Waals surface area contributed by atoms with Gasteiger partial charge in [0.25, 0.3) is 0 Å². The standard InChI is InChI=1S/C13H24N2O/c1-12(2)7-5-10(9-12)15-11(16)13(3)6-4-8-14-13/h10,14H,4-9H2,1-3H3,(H,15,16). The van der Waals surface area contributed by atoms with Gasteiger partial charge in [-0.3, -0.25) is 4.79 Å². The van der Waals surface area contributed by atoms with Crippen LogP contribution in [0.3, 0.4) is 0 Å². The predicted octanol–water partition coefficient (Wildman–Crippen LogP) is 1.82. The highest BCUT2D eigenvalue weighted by molar-refractivity contribution is 5.86. The van der Waals surface area contributed by atoms with Crippen molar-refractivity contribution in [2.45, 2.75) is 64.5 Å². The Morgan fingerprint density at radius 3 is 2.56 bits per heavy atom. The van der Waals surface area contributed by atoms with Crippen LogP contribution in [0.2, 0.25) is 0 Å². The largest absolute Gasteiger partial charge is 0.352 e. The van der Waals surface area contributed by atoms with Crippen molar-refractivity contribution in [3.05, 3.63) is 0 Å². The lowest BCUT2D eigenvalue weighted by Gasteiger charge is -2.26. The van der Waals surface area contributed by atoms with Crippen LogP contribution in [0.1, 0.15) is 52.9 Å². The van der Waals surface area contributed by atoms with Crippen LogP contribution in [-0.4, -0.2) is 24.0 Å². The summed E-state index contributed by atoms with van der Waals surface area (Å²) in [6, 6.07) is 0.390. The lowest BCUT2D eigenvalue weighted by molar-refractivity contribution is -0.127. The van der Waals surface area contributed by atoms with Crippen LogP contribution in [0.25, 0.3) is 0 Å². The molecular formula is C13H24N2O. The van der Waals surface area contributed by atoms with Gasteiger partial charge in [0.1, 0.15) is 0 Å². The fourth-order valence-electron chi connectivity index (χ4n) is 2.99. The maximum atomic E-state index is 12.2. The number of carbonyl (C=O) groups excluding carboxylic acids is 1. The Bertz CT molecular complexity index is 280. The number of hydrogen-bond acceptors (Lipinski definition) is 2. The van der Waals surface area contributed by atoms with Crippen molar-refractivity contribution in [2.75, 3.05) is 6.54 Å². The molecule has 2 fully saturated rings. The number of rotatable bonds is 2. The first-order valence-corrected chi connectivity index (χ1v) is 6.47. The van der Waals surface area contributed by atoms with E-state index in [1.807, 2.05) is 6.92 Å². The minimum absolute atomic E-state index is 0.202. The van der Waals surface area contributed by atoms with Gasteiger partial charge in [-0.15, -0.1) is 0 Å². The second kappa shape index (κ2) is 4.02. The summed E-state index contributed by atoms with van der Waals surface area (Å²) >= 11 is 0. The van der Waals surface area contributed by atoms with Gasteiger partial charge in [0, 0.05) is 6.04 Å². The van der Waals surface area contributed by atoms with Gasteiger partial charge in [-0.2, -0.15) is 0 Å². The number of nitrogens with one attached hydrogen (secondary N) is 2. The molecule has 0 aromatic rings. The van der Waals surface area contributed by atoms with E-state index in [0.29, 0.717) is 11.5 Å². The van der Waals surface area contributed by atoms with Gasteiger partial charge in [-0.1, -0.05) is 13.8 Å². The summed E-state index contributed by atoms with van der Waals surface area (Å²) in [7, 11) is 0. The first-order chi connectivity index (χ1) is 7.41. The highest BCUT2D eigenvalue weighted by Gasteiger charge is 2.39. The molecule has 2 rings (SSSR count). The predicted molar refractivity (Wildman–Crippen MR) is 65.2 cm³/mol. The molecular weight excluding hydrogens is 200 g/mol. The zero-order chi connectivity index (χ0) is 11.8. The Balaban J connectivity index is 1.88. The van der Waals surface area contributed by atoms with E-state index in [2.05, 4.69) is 24.5 Å². The van der Waals surface area contributed by atoms with Crippen LogP contribution in [-0.2, 0) is 4.79 Å². The molecule has 0 bridgehead atoms. The van der Waals surface area contributed by atoms with Gasteiger partial charge in [0.05, 0.1) is 5.54 Å². The monoisotopic (exact) mass is 224 g/mol. The number of hydrogen-bond donors (Lipinski definition) is 2. The van der Waals surface area contributed by atoms with E-state index in [1.54, 1.807) is 0 Å². The summed E-state index contributed by atoms with van der Waals surface area (Å²) in [5.41, 5.74) is 0.0920. The van der Waals surface area contributed by atoms with E-state index in [-0.39, 0.29) is 11.4 Å². The molecule has 1 amide bonds. The van der Waals surface area contributed by atoms with E-state index in [9.17, 15) is 4.79 Å². The van der Waals surface area contributed by atoms with Crippen molar-refractivity contribution in [2.24, 2.45) is 5.41 Å². The summed E-state index contributed by atoms with van der Waals surface area (Å²) in [5, 5.41) is 6.53. The van der Waals surface area contributed by atoms with Gasteiger partial charge < -0.3 is 10.6 Å². The fraction of sp³-hybridized carbons (Fsp3) is 0.923. The Morgan fingerprint density at radius 2 is 2.06 bits per heavy atom.